The van der Waals surface area contributed by atoms with Crippen LogP contribution in [-0.4, -0.2) is 6.04 Å². The van der Waals surface area contributed by atoms with E-state index >= 15 is 0 Å². The number of nitrogens with one attached hydrogen (secondary N) is 1. The number of rotatable bonds is 4. The van der Waals surface area contributed by atoms with Gasteiger partial charge in [0, 0.05) is 18.3 Å². The number of hydrogen-bond acceptors (Lipinski definition) is 2. The Labute approximate surface area is 98.2 Å². The molecule has 1 aliphatic rings. The third-order valence-electron chi connectivity index (χ3n) is 3.78. The van der Waals surface area contributed by atoms with Gasteiger partial charge < -0.3 is 11.1 Å². The Morgan fingerprint density at radius 2 is 2.00 bits per heavy atom. The number of anilines is 1. The molecule has 0 heterocycles. The minimum Gasteiger partial charge on any atom is -0.398 e. The molecule has 0 aromatic heterocycles. The maximum absolute atomic E-state index is 5.92. The molecule has 88 valence electrons. The van der Waals surface area contributed by atoms with Crippen molar-refractivity contribution in [1.29, 1.82) is 0 Å². The smallest absolute Gasteiger partial charge is 0.0359 e. The topological polar surface area (TPSA) is 38.0 Å². The van der Waals surface area contributed by atoms with E-state index in [4.69, 9.17) is 5.73 Å². The van der Waals surface area contributed by atoms with E-state index in [0.29, 0.717) is 6.04 Å². The molecule has 0 aliphatic heterocycles. The summed E-state index contributed by atoms with van der Waals surface area (Å²) in [6.45, 7) is 3.19. The highest BCUT2D eigenvalue weighted by Gasteiger charge is 2.20. The van der Waals surface area contributed by atoms with Crippen LogP contribution in [0.3, 0.4) is 0 Å². The van der Waals surface area contributed by atoms with Gasteiger partial charge in [-0.15, -0.1) is 0 Å². The highest BCUT2D eigenvalue weighted by atomic mass is 14.9. The molecule has 2 nitrogen and oxygen atoms in total. The van der Waals surface area contributed by atoms with Gasteiger partial charge in [0.2, 0.25) is 0 Å². The summed E-state index contributed by atoms with van der Waals surface area (Å²) in [7, 11) is 0. The molecule has 1 saturated carbocycles. The minimum atomic E-state index is 0.613. The highest BCUT2D eigenvalue weighted by molar-refractivity contribution is 5.46. The zero-order valence-corrected chi connectivity index (χ0v) is 10.1. The van der Waals surface area contributed by atoms with Crippen LogP contribution in [0.4, 0.5) is 5.69 Å². The molecule has 2 rings (SSSR count). The number of para-hydroxylation sites is 1. The van der Waals surface area contributed by atoms with Crippen molar-refractivity contribution >= 4 is 5.69 Å². The molecule has 0 saturated heterocycles. The van der Waals surface area contributed by atoms with Gasteiger partial charge in [-0.3, -0.25) is 0 Å². The predicted octanol–water partition coefficient (Wildman–Crippen LogP) is 2.94. The van der Waals surface area contributed by atoms with Crippen molar-refractivity contribution in [3.63, 3.8) is 0 Å². The van der Waals surface area contributed by atoms with Crippen LogP contribution in [0, 0.1) is 5.92 Å². The molecular weight excluding hydrogens is 196 g/mol. The fourth-order valence-electron chi connectivity index (χ4n) is 2.59. The van der Waals surface area contributed by atoms with Gasteiger partial charge in [0.25, 0.3) is 0 Å². The molecule has 0 radical (unpaired) electrons. The Morgan fingerprint density at radius 1 is 1.31 bits per heavy atom. The van der Waals surface area contributed by atoms with Crippen LogP contribution in [-0.2, 0) is 6.54 Å². The zero-order chi connectivity index (χ0) is 11.4. The molecule has 16 heavy (non-hydrogen) atoms. The second kappa shape index (κ2) is 5.35. The predicted molar refractivity (Wildman–Crippen MR) is 69.1 cm³/mol. The molecule has 0 spiro atoms. The molecule has 1 aliphatic carbocycles. The van der Waals surface area contributed by atoms with Gasteiger partial charge in [0.15, 0.2) is 0 Å². The van der Waals surface area contributed by atoms with Crippen molar-refractivity contribution in [2.75, 3.05) is 5.73 Å². The lowest BCUT2D eigenvalue weighted by atomic mass is 9.99. The first-order valence-corrected chi connectivity index (χ1v) is 6.34. The lowest BCUT2D eigenvalue weighted by molar-refractivity contribution is 0.381. The second-order valence-corrected chi connectivity index (χ2v) is 4.91. The first kappa shape index (κ1) is 11.5. The van der Waals surface area contributed by atoms with E-state index in [1.165, 1.54) is 31.2 Å². The quantitative estimate of drug-likeness (QED) is 0.763. The Balaban J connectivity index is 1.84. The van der Waals surface area contributed by atoms with Gasteiger partial charge in [0.1, 0.15) is 0 Å². The first-order chi connectivity index (χ1) is 7.77. The number of nitrogens with two attached hydrogens (primary N) is 1. The van der Waals surface area contributed by atoms with E-state index in [1.807, 2.05) is 18.2 Å². The molecular formula is C14H22N2. The fraction of sp³-hybridized carbons (Fsp3) is 0.571. The average molecular weight is 218 g/mol. The first-order valence-electron chi connectivity index (χ1n) is 6.34. The van der Waals surface area contributed by atoms with E-state index in [0.717, 1.165) is 18.2 Å². The van der Waals surface area contributed by atoms with Crippen LogP contribution in [0.2, 0.25) is 0 Å². The van der Waals surface area contributed by atoms with Crippen LogP contribution >= 0.6 is 0 Å². The molecule has 0 unspecified atom stereocenters. The van der Waals surface area contributed by atoms with E-state index in [2.05, 4.69) is 18.3 Å². The van der Waals surface area contributed by atoms with Crippen molar-refractivity contribution in [1.82, 2.24) is 5.32 Å². The molecule has 1 aromatic rings. The van der Waals surface area contributed by atoms with Crippen LogP contribution in [0.25, 0.3) is 0 Å². The van der Waals surface area contributed by atoms with Gasteiger partial charge in [-0.2, -0.15) is 0 Å². The monoisotopic (exact) mass is 218 g/mol. The third kappa shape index (κ3) is 2.76. The van der Waals surface area contributed by atoms with Crippen molar-refractivity contribution in [2.45, 2.75) is 45.2 Å². The molecule has 0 bridgehead atoms. The lowest BCUT2D eigenvalue weighted by Gasteiger charge is -2.20. The van der Waals surface area contributed by atoms with Crippen LogP contribution in [0.5, 0.6) is 0 Å². The number of benzene rings is 1. The molecule has 1 atom stereocenters. The summed E-state index contributed by atoms with van der Waals surface area (Å²) >= 11 is 0. The van der Waals surface area contributed by atoms with E-state index in [1.54, 1.807) is 0 Å². The van der Waals surface area contributed by atoms with Crippen molar-refractivity contribution in [3.8, 4) is 0 Å². The van der Waals surface area contributed by atoms with Gasteiger partial charge >= 0.3 is 0 Å². The molecule has 0 amide bonds. The maximum Gasteiger partial charge on any atom is 0.0359 e. The Bertz CT molecular complexity index is 329. The van der Waals surface area contributed by atoms with Gasteiger partial charge in [-0.1, -0.05) is 31.0 Å². The van der Waals surface area contributed by atoms with Crippen molar-refractivity contribution < 1.29 is 0 Å². The Kier molecular flexibility index (Phi) is 3.83. The van der Waals surface area contributed by atoms with Crippen LogP contribution < -0.4 is 11.1 Å². The van der Waals surface area contributed by atoms with Gasteiger partial charge in [-0.25, -0.2) is 0 Å². The second-order valence-electron chi connectivity index (χ2n) is 4.91. The Morgan fingerprint density at radius 3 is 2.69 bits per heavy atom. The summed E-state index contributed by atoms with van der Waals surface area (Å²) < 4.78 is 0. The summed E-state index contributed by atoms with van der Waals surface area (Å²) in [5.41, 5.74) is 8.03. The fourth-order valence-corrected chi connectivity index (χ4v) is 2.59. The van der Waals surface area contributed by atoms with Crippen LogP contribution in [0.1, 0.15) is 38.2 Å². The maximum atomic E-state index is 5.92. The summed E-state index contributed by atoms with van der Waals surface area (Å²) in [5, 5.41) is 3.60. The lowest BCUT2D eigenvalue weighted by Crippen LogP contribution is -2.31. The Hall–Kier alpha value is -1.02. The van der Waals surface area contributed by atoms with Gasteiger partial charge in [-0.05, 0) is 37.3 Å². The number of hydrogen-bond donors (Lipinski definition) is 2. The van der Waals surface area contributed by atoms with E-state index < -0.39 is 0 Å². The largest absolute Gasteiger partial charge is 0.398 e. The van der Waals surface area contributed by atoms with Crippen molar-refractivity contribution in [2.24, 2.45) is 5.92 Å². The standard InChI is InChI=1S/C14H22N2/c1-11(12-6-2-3-7-12)16-10-13-8-4-5-9-14(13)15/h4-5,8-9,11-12,16H,2-3,6-7,10,15H2,1H3/t11-/m0/s1. The third-order valence-corrected chi connectivity index (χ3v) is 3.78. The van der Waals surface area contributed by atoms with Crippen LogP contribution in [0.15, 0.2) is 24.3 Å². The number of nitrogen functional groups attached to an aromatic ring is 1. The molecule has 2 heteroatoms. The summed E-state index contributed by atoms with van der Waals surface area (Å²) in [5.74, 6) is 0.866. The normalized spacial score (nSPS) is 18.8. The molecule has 1 aromatic carbocycles. The summed E-state index contributed by atoms with van der Waals surface area (Å²) in [6.07, 6.45) is 5.59. The highest BCUT2D eigenvalue weighted by Crippen LogP contribution is 2.27. The average Bonchev–Trinajstić information content (AvgIpc) is 2.81. The zero-order valence-electron chi connectivity index (χ0n) is 10.1. The van der Waals surface area contributed by atoms with Crippen molar-refractivity contribution in [3.05, 3.63) is 29.8 Å². The molecule has 3 N–H and O–H groups in total. The van der Waals surface area contributed by atoms with E-state index in [9.17, 15) is 0 Å². The van der Waals surface area contributed by atoms with E-state index in [-0.39, 0.29) is 0 Å². The van der Waals surface area contributed by atoms with Gasteiger partial charge in [0.05, 0.1) is 0 Å². The SMILES string of the molecule is C[C@H](NCc1ccccc1N)C1CCCC1. The summed E-state index contributed by atoms with van der Waals surface area (Å²) in [4.78, 5) is 0. The minimum absolute atomic E-state index is 0.613. The molecule has 1 fully saturated rings. The summed E-state index contributed by atoms with van der Waals surface area (Å²) in [6, 6.07) is 8.72.